The Kier molecular flexibility index (Phi) is 3.71. The number of carbonyl (C=O) groups excluding carboxylic acids is 1. The molecule has 0 aliphatic rings. The molecule has 0 saturated heterocycles. The molecule has 0 radical (unpaired) electrons. The van der Waals surface area contributed by atoms with Gasteiger partial charge >= 0.3 is 0 Å². The molecule has 1 aromatic rings. The molecule has 0 atom stereocenters. The second-order valence-electron chi connectivity index (χ2n) is 3.22. The monoisotopic (exact) mass is 227 g/mol. The summed E-state index contributed by atoms with van der Waals surface area (Å²) < 4.78 is 0. The Morgan fingerprint density at radius 2 is 2.13 bits per heavy atom. The Morgan fingerprint density at radius 1 is 1.53 bits per heavy atom. The van der Waals surface area contributed by atoms with Crippen LogP contribution in [-0.2, 0) is 12.4 Å². The molecule has 2 N–H and O–H groups in total. The molecule has 0 aromatic carbocycles. The van der Waals surface area contributed by atoms with E-state index in [2.05, 4.69) is 17.6 Å². The van der Waals surface area contributed by atoms with Gasteiger partial charge in [-0.2, -0.15) is 12.6 Å². The van der Waals surface area contributed by atoms with Crippen molar-refractivity contribution in [1.29, 1.82) is 0 Å². The standard InChI is InChI=1S/C10H13NO3S/c1-5-10(14)7(3-12)9(6(2)13)8(4-15)11-5/h12,14-15H,3-4H2,1-2H3. The zero-order valence-corrected chi connectivity index (χ0v) is 9.51. The fraction of sp³-hybridized carbons (Fsp3) is 0.400. The molecule has 0 fully saturated rings. The van der Waals surface area contributed by atoms with E-state index >= 15 is 0 Å². The second kappa shape index (κ2) is 4.63. The van der Waals surface area contributed by atoms with Crippen LogP contribution in [0.2, 0.25) is 0 Å². The number of ketones is 1. The van der Waals surface area contributed by atoms with Crippen molar-refractivity contribution in [3.63, 3.8) is 0 Å². The normalized spacial score (nSPS) is 10.4. The molecule has 0 aliphatic heterocycles. The smallest absolute Gasteiger partial charge is 0.162 e. The fourth-order valence-corrected chi connectivity index (χ4v) is 1.74. The molecular weight excluding hydrogens is 214 g/mol. The van der Waals surface area contributed by atoms with Gasteiger partial charge in [0.2, 0.25) is 0 Å². The summed E-state index contributed by atoms with van der Waals surface area (Å²) in [7, 11) is 0. The van der Waals surface area contributed by atoms with Crippen molar-refractivity contribution in [2.24, 2.45) is 0 Å². The number of pyridine rings is 1. The van der Waals surface area contributed by atoms with Crippen LogP contribution in [0, 0.1) is 6.92 Å². The van der Waals surface area contributed by atoms with Gasteiger partial charge in [0.05, 0.1) is 18.0 Å². The average Bonchev–Trinajstić information content (AvgIpc) is 2.20. The largest absolute Gasteiger partial charge is 0.506 e. The molecule has 0 unspecified atom stereocenters. The molecular formula is C10H13NO3S. The van der Waals surface area contributed by atoms with Gasteiger partial charge in [0.15, 0.2) is 5.78 Å². The van der Waals surface area contributed by atoms with E-state index < -0.39 is 0 Å². The van der Waals surface area contributed by atoms with Crippen molar-refractivity contribution >= 4 is 18.4 Å². The Morgan fingerprint density at radius 3 is 2.53 bits per heavy atom. The number of Topliss-reactive ketones (excluding diaryl/α,β-unsaturated/α-hetero) is 1. The number of aliphatic hydroxyl groups excluding tert-OH is 1. The number of aliphatic hydroxyl groups is 1. The minimum absolute atomic E-state index is 0.117. The lowest BCUT2D eigenvalue weighted by atomic mass is 10.0. The minimum Gasteiger partial charge on any atom is -0.506 e. The quantitative estimate of drug-likeness (QED) is 0.536. The molecule has 15 heavy (non-hydrogen) atoms. The molecule has 0 saturated carbocycles. The molecule has 1 rings (SSSR count). The summed E-state index contributed by atoms with van der Waals surface area (Å²) in [6.07, 6.45) is 0. The van der Waals surface area contributed by atoms with Gasteiger partial charge in [-0.15, -0.1) is 0 Å². The second-order valence-corrected chi connectivity index (χ2v) is 3.53. The lowest BCUT2D eigenvalue weighted by molar-refractivity contribution is 0.101. The molecule has 1 aromatic heterocycles. The molecule has 0 aliphatic carbocycles. The highest BCUT2D eigenvalue weighted by atomic mass is 32.1. The molecule has 0 spiro atoms. The first-order valence-corrected chi connectivity index (χ1v) is 5.10. The van der Waals surface area contributed by atoms with E-state index in [0.717, 1.165) is 0 Å². The van der Waals surface area contributed by atoms with Crippen LogP contribution in [0.4, 0.5) is 0 Å². The van der Waals surface area contributed by atoms with Crippen molar-refractivity contribution in [3.05, 3.63) is 22.5 Å². The molecule has 1 heterocycles. The van der Waals surface area contributed by atoms with E-state index in [1.165, 1.54) is 6.92 Å². The van der Waals surface area contributed by atoms with E-state index in [1.54, 1.807) is 6.92 Å². The Balaban J connectivity index is 3.56. The van der Waals surface area contributed by atoms with Crippen LogP contribution >= 0.6 is 12.6 Å². The van der Waals surface area contributed by atoms with Crippen LogP contribution in [0.3, 0.4) is 0 Å². The zero-order valence-electron chi connectivity index (χ0n) is 8.61. The van der Waals surface area contributed by atoms with Crippen molar-refractivity contribution in [2.45, 2.75) is 26.2 Å². The lowest BCUT2D eigenvalue weighted by Gasteiger charge is -2.12. The first-order valence-electron chi connectivity index (χ1n) is 4.46. The van der Waals surface area contributed by atoms with Gasteiger partial charge in [-0.25, -0.2) is 0 Å². The molecule has 4 nitrogen and oxygen atoms in total. The maximum Gasteiger partial charge on any atom is 0.162 e. The van der Waals surface area contributed by atoms with E-state index in [-0.39, 0.29) is 29.3 Å². The number of aryl methyl sites for hydroxylation is 1. The van der Waals surface area contributed by atoms with Crippen molar-refractivity contribution in [3.8, 4) is 5.75 Å². The van der Waals surface area contributed by atoms with Crippen molar-refractivity contribution in [2.75, 3.05) is 0 Å². The number of rotatable bonds is 3. The van der Waals surface area contributed by atoms with E-state index in [0.29, 0.717) is 17.1 Å². The Bertz CT molecular complexity index is 404. The summed E-state index contributed by atoms with van der Waals surface area (Å²) >= 11 is 4.06. The van der Waals surface area contributed by atoms with Gasteiger partial charge in [0.25, 0.3) is 0 Å². The Labute approximate surface area is 93.4 Å². The van der Waals surface area contributed by atoms with Crippen LogP contribution < -0.4 is 0 Å². The van der Waals surface area contributed by atoms with Gasteiger partial charge in [-0.3, -0.25) is 9.78 Å². The number of hydrogen-bond donors (Lipinski definition) is 3. The highest BCUT2D eigenvalue weighted by molar-refractivity contribution is 7.79. The highest BCUT2D eigenvalue weighted by Gasteiger charge is 2.18. The first kappa shape index (κ1) is 12.0. The van der Waals surface area contributed by atoms with Crippen LogP contribution in [0.5, 0.6) is 5.75 Å². The fourth-order valence-electron chi connectivity index (χ4n) is 1.51. The number of aromatic nitrogens is 1. The maximum atomic E-state index is 11.4. The van der Waals surface area contributed by atoms with Crippen molar-refractivity contribution in [1.82, 2.24) is 4.98 Å². The van der Waals surface area contributed by atoms with E-state index in [9.17, 15) is 9.90 Å². The SMILES string of the molecule is CC(=O)c1c(CS)nc(C)c(O)c1CO. The van der Waals surface area contributed by atoms with Crippen LogP contribution in [-0.4, -0.2) is 21.0 Å². The number of nitrogens with zero attached hydrogens (tertiary/aromatic N) is 1. The molecule has 5 heteroatoms. The third-order valence-corrected chi connectivity index (χ3v) is 2.48. The predicted octanol–water partition coefficient (Wildman–Crippen LogP) is 1.22. The third-order valence-electron chi connectivity index (χ3n) is 2.18. The summed E-state index contributed by atoms with van der Waals surface area (Å²) in [5, 5.41) is 18.8. The number of aromatic hydroxyl groups is 1. The molecule has 0 amide bonds. The average molecular weight is 227 g/mol. The summed E-state index contributed by atoms with van der Waals surface area (Å²) in [4.78, 5) is 15.4. The van der Waals surface area contributed by atoms with E-state index in [4.69, 9.17) is 5.11 Å². The number of thiol groups is 1. The minimum atomic E-state index is -0.384. The Hall–Kier alpha value is -1.07. The van der Waals surface area contributed by atoms with Crippen LogP contribution in [0.1, 0.15) is 34.2 Å². The molecule has 0 bridgehead atoms. The van der Waals surface area contributed by atoms with Crippen LogP contribution in [0.15, 0.2) is 0 Å². The number of hydrogen-bond acceptors (Lipinski definition) is 5. The van der Waals surface area contributed by atoms with Crippen LogP contribution in [0.25, 0.3) is 0 Å². The topological polar surface area (TPSA) is 70.4 Å². The summed E-state index contributed by atoms with van der Waals surface area (Å²) in [5.41, 5.74) is 1.40. The summed E-state index contributed by atoms with van der Waals surface area (Å²) in [5.74, 6) is -0.0533. The van der Waals surface area contributed by atoms with Gasteiger partial charge in [0.1, 0.15) is 5.75 Å². The van der Waals surface area contributed by atoms with Gasteiger partial charge in [-0.05, 0) is 13.8 Å². The van der Waals surface area contributed by atoms with Crippen molar-refractivity contribution < 1.29 is 15.0 Å². The highest BCUT2D eigenvalue weighted by Crippen LogP contribution is 2.27. The third kappa shape index (κ3) is 2.13. The summed E-state index contributed by atoms with van der Waals surface area (Å²) in [6.45, 7) is 2.61. The zero-order chi connectivity index (χ0) is 11.6. The summed E-state index contributed by atoms with van der Waals surface area (Å²) in [6, 6.07) is 0. The first-order chi connectivity index (χ1) is 7.02. The molecule has 82 valence electrons. The van der Waals surface area contributed by atoms with Gasteiger partial charge in [0, 0.05) is 16.9 Å². The van der Waals surface area contributed by atoms with Gasteiger partial charge < -0.3 is 10.2 Å². The number of carbonyl (C=O) groups is 1. The maximum absolute atomic E-state index is 11.4. The van der Waals surface area contributed by atoms with Gasteiger partial charge in [-0.1, -0.05) is 0 Å². The van der Waals surface area contributed by atoms with E-state index in [1.807, 2.05) is 0 Å². The predicted molar refractivity (Wildman–Crippen MR) is 59.3 cm³/mol. The lowest BCUT2D eigenvalue weighted by Crippen LogP contribution is -2.08.